The van der Waals surface area contributed by atoms with Crippen LogP contribution in [0.3, 0.4) is 0 Å². The van der Waals surface area contributed by atoms with Gasteiger partial charge in [0.1, 0.15) is 18.4 Å². The summed E-state index contributed by atoms with van der Waals surface area (Å²) in [5.74, 6) is 0.653. The molecule has 0 saturated carbocycles. The van der Waals surface area contributed by atoms with Gasteiger partial charge in [-0.05, 0) is 18.1 Å². The third-order valence-corrected chi connectivity index (χ3v) is 3.96. The monoisotopic (exact) mass is 306 g/mol. The van der Waals surface area contributed by atoms with Crippen LogP contribution in [0.2, 0.25) is 0 Å². The van der Waals surface area contributed by atoms with Gasteiger partial charge in [0.05, 0.1) is 7.05 Å². The third kappa shape index (κ3) is 3.01. The number of nitrogen functional groups attached to an aromatic ring is 1. The van der Waals surface area contributed by atoms with E-state index in [1.54, 1.807) is 11.5 Å². The molecule has 4 heteroatoms. The van der Waals surface area contributed by atoms with Gasteiger partial charge in [-0.15, -0.1) is 0 Å². The molecule has 0 spiro atoms. The minimum atomic E-state index is 0.0817. The van der Waals surface area contributed by atoms with Crippen molar-refractivity contribution in [1.82, 2.24) is 4.57 Å². The van der Waals surface area contributed by atoms with E-state index < -0.39 is 0 Å². The number of nitrogens with zero attached hydrogens (tertiary/aromatic N) is 2. The number of ketones is 1. The Morgan fingerprint density at radius 3 is 2.17 bits per heavy atom. The number of imidazole rings is 1. The number of Topliss-reactive ketones (excluding diaryl/α,β-unsaturated/α-hetero) is 1. The minimum Gasteiger partial charge on any atom is -0.296 e. The van der Waals surface area contributed by atoms with Crippen LogP contribution in [-0.4, -0.2) is 10.4 Å². The van der Waals surface area contributed by atoms with E-state index in [2.05, 4.69) is 36.4 Å². The van der Waals surface area contributed by atoms with Gasteiger partial charge in [0.25, 0.3) is 0 Å². The van der Waals surface area contributed by atoms with Crippen molar-refractivity contribution in [3.8, 4) is 22.4 Å². The summed E-state index contributed by atoms with van der Waals surface area (Å²) >= 11 is 0. The van der Waals surface area contributed by atoms with Crippen molar-refractivity contribution in [2.24, 2.45) is 7.05 Å². The maximum atomic E-state index is 11.3. The van der Waals surface area contributed by atoms with Crippen LogP contribution in [-0.2, 0) is 18.4 Å². The van der Waals surface area contributed by atoms with Gasteiger partial charge in [-0.1, -0.05) is 54.6 Å². The molecule has 0 atom stereocenters. The molecule has 0 fully saturated rings. The predicted molar refractivity (Wildman–Crippen MR) is 91.6 cm³/mol. The van der Waals surface area contributed by atoms with Crippen LogP contribution in [0.5, 0.6) is 0 Å². The van der Waals surface area contributed by atoms with E-state index in [4.69, 9.17) is 5.73 Å². The van der Waals surface area contributed by atoms with Gasteiger partial charge in [0.2, 0.25) is 0 Å². The summed E-state index contributed by atoms with van der Waals surface area (Å²) in [6.07, 6.45) is 1.92. The quantitative estimate of drug-likeness (QED) is 0.754. The Morgan fingerprint density at radius 2 is 1.57 bits per heavy atom. The number of hydrogen-bond donors (Lipinski definition) is 1. The Kier molecular flexibility index (Phi) is 3.98. The van der Waals surface area contributed by atoms with Crippen LogP contribution in [0.4, 0.5) is 5.95 Å². The van der Waals surface area contributed by atoms with Crippen molar-refractivity contribution in [2.45, 2.75) is 13.5 Å². The summed E-state index contributed by atoms with van der Waals surface area (Å²) in [5.41, 5.74) is 10.5. The van der Waals surface area contributed by atoms with Gasteiger partial charge in [0, 0.05) is 5.56 Å². The van der Waals surface area contributed by atoms with Crippen LogP contribution in [0, 0.1) is 0 Å². The fraction of sp³-hybridized carbons (Fsp3) is 0.158. The van der Waals surface area contributed by atoms with E-state index in [-0.39, 0.29) is 5.78 Å². The largest absolute Gasteiger partial charge is 0.355 e. The van der Waals surface area contributed by atoms with Crippen molar-refractivity contribution in [1.29, 1.82) is 0 Å². The highest BCUT2D eigenvalue weighted by Crippen LogP contribution is 2.25. The number of aromatic nitrogens is 2. The second-order valence-corrected chi connectivity index (χ2v) is 5.70. The van der Waals surface area contributed by atoms with Crippen molar-refractivity contribution < 1.29 is 9.36 Å². The number of nitrogens with two attached hydrogens (primary N) is 1. The lowest BCUT2D eigenvalue weighted by Gasteiger charge is -2.03. The Hall–Kier alpha value is -2.88. The summed E-state index contributed by atoms with van der Waals surface area (Å²) in [6, 6.07) is 18.6. The first-order valence-electron chi connectivity index (χ1n) is 7.56. The van der Waals surface area contributed by atoms with Gasteiger partial charge in [0.15, 0.2) is 5.78 Å². The molecule has 0 radical (unpaired) electrons. The normalized spacial score (nSPS) is 10.7. The summed E-state index contributed by atoms with van der Waals surface area (Å²) in [4.78, 5) is 11.3. The molecule has 1 heterocycles. The van der Waals surface area contributed by atoms with Crippen LogP contribution >= 0.6 is 0 Å². The van der Waals surface area contributed by atoms with Gasteiger partial charge >= 0.3 is 5.95 Å². The molecule has 0 amide bonds. The van der Waals surface area contributed by atoms with E-state index >= 15 is 0 Å². The molecule has 116 valence electrons. The van der Waals surface area contributed by atoms with E-state index in [9.17, 15) is 4.79 Å². The molecular formula is C19H20N3O+. The molecule has 0 aliphatic rings. The second kappa shape index (κ2) is 6.08. The number of benzene rings is 2. The average molecular weight is 306 g/mol. The van der Waals surface area contributed by atoms with Gasteiger partial charge in [-0.2, -0.15) is 0 Å². The zero-order valence-corrected chi connectivity index (χ0v) is 13.4. The Morgan fingerprint density at radius 1 is 1.00 bits per heavy atom. The molecule has 0 unspecified atom stereocenters. The summed E-state index contributed by atoms with van der Waals surface area (Å²) in [6.45, 7) is 1.86. The first-order valence-corrected chi connectivity index (χ1v) is 7.56. The van der Waals surface area contributed by atoms with Gasteiger partial charge in [-0.3, -0.25) is 10.5 Å². The first kappa shape index (κ1) is 15.0. The molecule has 0 aliphatic heterocycles. The smallest absolute Gasteiger partial charge is 0.296 e. The Labute approximate surface area is 135 Å². The fourth-order valence-electron chi connectivity index (χ4n) is 2.72. The van der Waals surface area contributed by atoms with Gasteiger partial charge in [-0.25, -0.2) is 9.13 Å². The lowest BCUT2D eigenvalue weighted by Crippen LogP contribution is -2.38. The molecule has 2 N–H and O–H groups in total. The SMILES string of the molecule is CC(=O)C[n+]1cc(-c2ccc(-c3ccccc3)cc2)n(C)c1N. The molecule has 3 aromatic rings. The molecule has 1 aromatic heterocycles. The van der Waals surface area contributed by atoms with Crippen LogP contribution < -0.4 is 10.3 Å². The van der Waals surface area contributed by atoms with E-state index in [1.807, 2.05) is 36.0 Å². The van der Waals surface area contributed by atoms with E-state index in [1.165, 1.54) is 11.1 Å². The van der Waals surface area contributed by atoms with Crippen molar-refractivity contribution in [2.75, 3.05) is 5.73 Å². The standard InChI is InChI=1S/C19H19N3O/c1-14(23)12-22-13-18(21(2)19(22)20)17-10-8-16(9-11-17)15-6-4-3-5-7-15/h3-11,13,20H,12H2,1-2H3/p+1. The van der Waals surface area contributed by atoms with Crippen molar-refractivity contribution >= 4 is 11.7 Å². The first-order chi connectivity index (χ1) is 11.1. The van der Waals surface area contributed by atoms with Crippen LogP contribution in [0.25, 0.3) is 22.4 Å². The number of rotatable bonds is 4. The fourth-order valence-corrected chi connectivity index (χ4v) is 2.72. The highest BCUT2D eigenvalue weighted by atomic mass is 16.1. The average Bonchev–Trinajstić information content (AvgIpc) is 2.84. The lowest BCUT2D eigenvalue weighted by molar-refractivity contribution is -0.668. The zero-order valence-electron chi connectivity index (χ0n) is 13.4. The lowest BCUT2D eigenvalue weighted by atomic mass is 10.0. The van der Waals surface area contributed by atoms with Crippen LogP contribution in [0.1, 0.15) is 6.92 Å². The predicted octanol–water partition coefficient (Wildman–Crippen LogP) is 2.82. The third-order valence-electron chi connectivity index (χ3n) is 3.96. The minimum absolute atomic E-state index is 0.0817. The molecule has 3 rings (SSSR count). The Bertz CT molecular complexity index is 833. The Balaban J connectivity index is 1.95. The highest BCUT2D eigenvalue weighted by molar-refractivity contribution is 5.74. The molecule has 23 heavy (non-hydrogen) atoms. The molecule has 0 aliphatic carbocycles. The topological polar surface area (TPSA) is 51.9 Å². The molecular weight excluding hydrogens is 286 g/mol. The van der Waals surface area contributed by atoms with Crippen molar-refractivity contribution in [3.05, 3.63) is 60.8 Å². The highest BCUT2D eigenvalue weighted by Gasteiger charge is 2.18. The number of anilines is 1. The second-order valence-electron chi connectivity index (χ2n) is 5.70. The summed E-state index contributed by atoms with van der Waals surface area (Å²) in [5, 5.41) is 0. The maximum absolute atomic E-state index is 11.3. The number of carbonyl (C=O) groups is 1. The van der Waals surface area contributed by atoms with E-state index in [0.717, 1.165) is 11.3 Å². The molecule has 2 aromatic carbocycles. The van der Waals surface area contributed by atoms with E-state index in [0.29, 0.717) is 12.5 Å². The molecule has 0 saturated heterocycles. The number of carbonyl (C=O) groups excluding carboxylic acids is 1. The zero-order chi connectivity index (χ0) is 16.4. The summed E-state index contributed by atoms with van der Waals surface area (Å²) < 4.78 is 3.68. The molecule has 4 nitrogen and oxygen atoms in total. The maximum Gasteiger partial charge on any atom is 0.355 e. The molecule has 0 bridgehead atoms. The number of hydrogen-bond acceptors (Lipinski definition) is 2. The summed E-state index contributed by atoms with van der Waals surface area (Å²) in [7, 11) is 1.91. The van der Waals surface area contributed by atoms with Crippen LogP contribution in [0.15, 0.2) is 60.8 Å². The van der Waals surface area contributed by atoms with Gasteiger partial charge < -0.3 is 0 Å². The van der Waals surface area contributed by atoms with Crippen molar-refractivity contribution in [3.63, 3.8) is 0 Å².